The van der Waals surface area contributed by atoms with Crippen LogP contribution in [0.5, 0.6) is 17.2 Å². The van der Waals surface area contributed by atoms with Crippen LogP contribution in [0.1, 0.15) is 150 Å². The molecule has 0 spiro atoms. The van der Waals surface area contributed by atoms with Crippen molar-refractivity contribution in [2.24, 2.45) is 22.4 Å². The minimum Gasteiger partial charge on any atom is -0.508 e. The van der Waals surface area contributed by atoms with Crippen molar-refractivity contribution in [1.82, 2.24) is 77.2 Å². The quantitative estimate of drug-likeness (QED) is 0.00975. The monoisotopic (exact) mass is 1550 g/mol. The van der Waals surface area contributed by atoms with Gasteiger partial charge in [-0.1, -0.05) is 44.9 Å². The number of thioether (sulfide) groups is 1. The van der Waals surface area contributed by atoms with Crippen LogP contribution in [0.2, 0.25) is 0 Å². The highest BCUT2D eigenvalue weighted by atomic mass is 32.2. The van der Waals surface area contributed by atoms with Gasteiger partial charge in [0.1, 0.15) is 48.0 Å². The molecule has 3 aliphatic heterocycles. The third-order valence-electron chi connectivity index (χ3n) is 19.6. The zero-order valence-corrected chi connectivity index (χ0v) is 64.1. The highest BCUT2D eigenvalue weighted by molar-refractivity contribution is 8.00. The number of nitrogens with one attached hydrogen (secondary N) is 10. The van der Waals surface area contributed by atoms with E-state index >= 15 is 0 Å². The van der Waals surface area contributed by atoms with Gasteiger partial charge in [0.15, 0.2) is 17.5 Å². The minimum atomic E-state index is -1.42. The molecule has 1 unspecified atom stereocenters. The van der Waals surface area contributed by atoms with Gasteiger partial charge < -0.3 is 88.6 Å². The number of aromatic nitrogens is 4. The Kier molecular flexibility index (Phi) is 34.8. The molecule has 0 bridgehead atoms. The van der Waals surface area contributed by atoms with Gasteiger partial charge in [-0.15, -0.1) is 18.3 Å². The Morgan fingerprint density at radius 3 is 2.10 bits per heavy atom. The van der Waals surface area contributed by atoms with Crippen LogP contribution < -0.4 is 63.5 Å². The SMILES string of the molecule is C=CCN1CCC[C@H]1CNC(=O)c1cc(CCCSC2CC(=O)N(CCCCCC(=O)NCCCC(=O)N[C@@H](Cc3cnc[nH]3)C(=O)N[C@@H](C)C(=O)N[C@H](C(=O)N[C@@H](Cc3ccc(O)cc3)C(=O)N3CCC[C@H]3C(=O)N[C@@H](CCCN=C(N)N)C(=O)N[C@@H](Cc3cnc[nH]3)C(=O)O)[C@@H](C)CC)C2=O)cc(OC)c1OC. The summed E-state index contributed by atoms with van der Waals surface area (Å²) in [6.45, 7) is 11.5. The lowest BCUT2D eigenvalue weighted by Crippen LogP contribution is -2.61. The maximum absolute atomic E-state index is 14.9. The largest absolute Gasteiger partial charge is 0.508 e. The third kappa shape index (κ3) is 26.6. The Hall–Kier alpha value is -10.6. The van der Waals surface area contributed by atoms with E-state index in [1.807, 2.05) is 18.2 Å². The number of rotatable bonds is 47. The number of hydrogen-bond acceptors (Lipinski definition) is 20. The van der Waals surface area contributed by atoms with Gasteiger partial charge in [0.05, 0.1) is 37.7 Å². The lowest BCUT2D eigenvalue weighted by molar-refractivity contribution is -0.143. The van der Waals surface area contributed by atoms with Gasteiger partial charge in [0.25, 0.3) is 5.91 Å². The first kappa shape index (κ1) is 86.7. The molecule has 11 amide bonds. The molecule has 2 aromatic carbocycles. The predicted octanol–water partition coefficient (Wildman–Crippen LogP) is 1.32. The summed E-state index contributed by atoms with van der Waals surface area (Å²) < 4.78 is 11.2. The van der Waals surface area contributed by atoms with Crippen LogP contribution in [0.4, 0.5) is 0 Å². The fourth-order valence-electron chi connectivity index (χ4n) is 13.4. The van der Waals surface area contributed by atoms with E-state index in [1.54, 1.807) is 26.0 Å². The van der Waals surface area contributed by atoms with Crippen molar-refractivity contribution >= 4 is 88.7 Å². The number of carbonyl (C=O) groups is 12. The number of imidazole rings is 2. The van der Waals surface area contributed by atoms with Crippen LogP contribution in [-0.2, 0) is 78.4 Å². The second kappa shape index (κ2) is 44.2. The summed E-state index contributed by atoms with van der Waals surface area (Å²) in [7, 11) is 3.02. The third-order valence-corrected chi connectivity index (χ3v) is 20.9. The average Bonchev–Trinajstić information content (AvgIpc) is 1.49. The topological polar surface area (TPSA) is 491 Å². The number of methoxy groups -OCH3 is 2. The van der Waals surface area contributed by atoms with Crippen LogP contribution in [0.15, 0.2) is 79.1 Å². The molecular formula is C75H108N18O16S. The van der Waals surface area contributed by atoms with Gasteiger partial charge in [-0.2, -0.15) is 0 Å². The smallest absolute Gasteiger partial charge is 0.326 e. The standard InChI is InChI=1S/C75H108N18O16S/c1-7-29-91-30-14-18-51(91)42-82-67(99)53-34-48(36-59(108-5)65(53)109-6)17-16-33-110-60-39-63(97)93(73(60)105)31-11-9-10-21-61(95)80-27-13-22-62(96)86-55(37-49-40-78-43-83-49)69(101)85-46(4)66(98)90-64(45(3)8-2)71(103)88-56(35-47-23-25-52(94)26-24-47)72(104)92-32-15-20-58(92)70(102)87-54(19-12-28-81-75(76)77)68(100)89-57(74(106)107)38-50-41-79-44-84-50/h7,23-26,34,36,40-41,43-46,51,54-58,60,64,94H,1,8-22,27-33,35,37-39,42H2,2-6H3,(H,78,83)(H,79,84)(H,80,95)(H,82,99)(H,85,101)(H,86,96)(H,87,102)(H,88,103)(H,89,100)(H,90,98)(H,106,107)(H4,76,77,81)/t45-,46-,51-,54-,55-,56-,57-,58-,60?,64-/m0/s1. The van der Waals surface area contributed by atoms with Crippen molar-refractivity contribution in [2.75, 3.05) is 65.8 Å². The highest BCUT2D eigenvalue weighted by Crippen LogP contribution is 2.34. The van der Waals surface area contributed by atoms with Crippen molar-refractivity contribution in [3.05, 3.63) is 102 Å². The number of nitrogens with zero attached hydrogens (tertiary/aromatic N) is 6. The number of imide groups is 1. The number of carboxylic acids is 1. The molecule has 10 atom stereocenters. The van der Waals surface area contributed by atoms with E-state index in [0.29, 0.717) is 91.3 Å². The number of amides is 11. The molecule has 0 aliphatic carbocycles. The molecule has 110 heavy (non-hydrogen) atoms. The normalized spacial score (nSPS) is 17.4. The van der Waals surface area contributed by atoms with E-state index in [4.69, 9.17) is 20.9 Å². The zero-order chi connectivity index (χ0) is 79.8. The Bertz CT molecular complexity index is 3800. The van der Waals surface area contributed by atoms with Crippen LogP contribution in [0, 0.1) is 5.92 Å². The van der Waals surface area contributed by atoms with Crippen molar-refractivity contribution < 1.29 is 77.2 Å². The molecule has 0 radical (unpaired) electrons. The summed E-state index contributed by atoms with van der Waals surface area (Å²) in [6, 6.07) is 0.739. The van der Waals surface area contributed by atoms with Gasteiger partial charge in [0.2, 0.25) is 59.1 Å². The number of phenols is 1. The van der Waals surface area contributed by atoms with Crippen molar-refractivity contribution in [3.8, 4) is 17.2 Å². The van der Waals surface area contributed by atoms with Gasteiger partial charge in [-0.25, -0.2) is 14.8 Å². The number of aryl methyl sites for hydroxylation is 1. The molecule has 5 heterocycles. The lowest BCUT2D eigenvalue weighted by atomic mass is 9.96. The predicted molar refractivity (Wildman–Crippen MR) is 409 cm³/mol. The zero-order valence-electron chi connectivity index (χ0n) is 63.3. The van der Waals surface area contributed by atoms with Gasteiger partial charge in [-0.3, -0.25) is 67.5 Å². The van der Waals surface area contributed by atoms with E-state index in [1.165, 1.54) is 79.9 Å². The summed E-state index contributed by atoms with van der Waals surface area (Å²) in [5, 5.41) is 41.6. The molecule has 16 N–H and O–H groups in total. The van der Waals surface area contributed by atoms with Crippen molar-refractivity contribution in [2.45, 2.75) is 196 Å². The number of ether oxygens (including phenoxy) is 2. The number of hydrogen-bond donors (Lipinski definition) is 14. The van der Waals surface area contributed by atoms with Crippen LogP contribution >= 0.6 is 11.8 Å². The first-order chi connectivity index (χ1) is 52.8. The number of likely N-dealkylation sites (tertiary alicyclic amines) is 3. The second-order valence-electron chi connectivity index (χ2n) is 27.8. The Labute approximate surface area is 644 Å². The molecule has 4 aromatic rings. The van der Waals surface area contributed by atoms with Gasteiger partial charge in [0, 0.05) is 108 Å². The number of aliphatic carboxylic acids is 1. The Morgan fingerprint density at radius 2 is 1.44 bits per heavy atom. The fraction of sp³-hybridized carbons (Fsp3) is 0.560. The van der Waals surface area contributed by atoms with E-state index in [9.17, 15) is 67.7 Å². The summed E-state index contributed by atoms with van der Waals surface area (Å²) in [5.74, 6) is -6.82. The van der Waals surface area contributed by atoms with Gasteiger partial charge >= 0.3 is 5.97 Å². The molecule has 34 nitrogen and oxygen atoms in total. The van der Waals surface area contributed by atoms with E-state index in [0.717, 1.165) is 31.5 Å². The number of H-pyrrole nitrogens is 2. The Morgan fingerprint density at radius 1 is 0.745 bits per heavy atom. The van der Waals surface area contributed by atoms with Crippen molar-refractivity contribution in [3.63, 3.8) is 0 Å². The number of guanidine groups is 1. The number of aromatic hydroxyl groups is 1. The van der Waals surface area contributed by atoms with E-state index < -0.39 is 101 Å². The molecule has 7 rings (SSSR count). The van der Waals surface area contributed by atoms with Gasteiger partial charge in [-0.05, 0) is 131 Å². The molecule has 3 fully saturated rings. The fourth-order valence-corrected chi connectivity index (χ4v) is 14.5. The molecule has 35 heteroatoms. The van der Waals surface area contributed by atoms with Crippen LogP contribution in [0.25, 0.3) is 0 Å². The molecule has 0 saturated carbocycles. The first-order valence-electron chi connectivity index (χ1n) is 37.5. The maximum Gasteiger partial charge on any atom is 0.326 e. The summed E-state index contributed by atoms with van der Waals surface area (Å²) in [4.78, 5) is 187. The molecule has 2 aromatic heterocycles. The molecule has 600 valence electrons. The number of carbonyl (C=O) groups excluding carboxylic acids is 11. The lowest BCUT2D eigenvalue weighted by Gasteiger charge is -2.32. The molecule has 3 saturated heterocycles. The van der Waals surface area contributed by atoms with Crippen LogP contribution in [-0.4, -0.2) is 241 Å². The summed E-state index contributed by atoms with van der Waals surface area (Å²) in [6.07, 6.45) is 13.5. The number of aromatic amines is 2. The average molecular weight is 1550 g/mol. The summed E-state index contributed by atoms with van der Waals surface area (Å²) >= 11 is 1.43. The summed E-state index contributed by atoms with van der Waals surface area (Å²) in [5.41, 5.74) is 13.7. The van der Waals surface area contributed by atoms with Crippen LogP contribution in [0.3, 0.4) is 0 Å². The number of carboxylic acid groups (broad SMARTS) is 1. The molecule has 3 aliphatic rings. The minimum absolute atomic E-state index is 0.0337. The van der Waals surface area contributed by atoms with E-state index in [-0.39, 0.29) is 132 Å². The number of benzene rings is 2. The Balaban J connectivity index is 0.854. The number of phenolic OH excluding ortho intramolecular Hbond substituents is 1. The maximum atomic E-state index is 14.9. The van der Waals surface area contributed by atoms with Crippen molar-refractivity contribution in [1.29, 1.82) is 0 Å². The second-order valence-corrected chi connectivity index (χ2v) is 29.1. The van der Waals surface area contributed by atoms with E-state index in [2.05, 4.69) is 78.9 Å². The first-order valence-corrected chi connectivity index (χ1v) is 38.6. The number of aliphatic imine (C=N–C) groups is 1. The molecular weight excluding hydrogens is 1440 g/mol. The highest BCUT2D eigenvalue weighted by Gasteiger charge is 2.42. The number of nitrogens with two attached hydrogens (primary N) is 2. The number of unbranched alkanes of at least 4 members (excludes halogenated alkanes) is 2.